The third-order valence-electron chi connectivity index (χ3n) is 5.03. The van der Waals surface area contributed by atoms with Crippen LogP contribution in [-0.2, 0) is 0 Å². The average molecular weight is 412 g/mol. The summed E-state index contributed by atoms with van der Waals surface area (Å²) in [5.74, 6) is 5.95. The molecule has 3 heterocycles. The van der Waals surface area contributed by atoms with Crippen molar-refractivity contribution in [3.05, 3.63) is 55.4 Å². The zero-order chi connectivity index (χ0) is 21.7. The minimum atomic E-state index is -0.939. The van der Waals surface area contributed by atoms with Crippen LogP contribution in [0.5, 0.6) is 0 Å². The lowest BCUT2D eigenvalue weighted by molar-refractivity contribution is 0.0719. The normalized spacial score (nSPS) is 13.2. The molecule has 0 aliphatic carbocycles. The van der Waals surface area contributed by atoms with Gasteiger partial charge in [0.2, 0.25) is 0 Å². The van der Waals surface area contributed by atoms with Gasteiger partial charge in [-0.1, -0.05) is 26.5 Å². The molecule has 1 unspecified atom stereocenters. The maximum atomic E-state index is 9.61. The van der Waals surface area contributed by atoms with Crippen molar-refractivity contribution in [2.24, 2.45) is 5.84 Å². The number of hydrogen-bond donors (Lipinski definition) is 3. The van der Waals surface area contributed by atoms with Crippen LogP contribution in [0.3, 0.4) is 0 Å². The molecule has 160 valence electrons. The molecule has 0 bridgehead atoms. The molecule has 0 spiro atoms. The van der Waals surface area contributed by atoms with E-state index in [4.69, 9.17) is 15.9 Å². The number of aromatic nitrogens is 5. The van der Waals surface area contributed by atoms with Crippen LogP contribution in [-0.4, -0.2) is 58.9 Å². The zero-order valence-corrected chi connectivity index (χ0v) is 17.4. The summed E-state index contributed by atoms with van der Waals surface area (Å²) >= 11 is 0. The molecular weight excluding hydrogens is 382 g/mol. The van der Waals surface area contributed by atoms with Crippen LogP contribution < -0.4 is 5.84 Å². The summed E-state index contributed by atoms with van der Waals surface area (Å²) in [4.78, 5) is 4.84. The number of aliphatic hydroxyl groups excluding tert-OH is 2. The molecule has 0 aliphatic rings. The van der Waals surface area contributed by atoms with E-state index in [0.717, 1.165) is 29.6 Å². The first-order chi connectivity index (χ1) is 14.5. The standard InChI is InChI=1S/C21H29N7O2/c1-4-15(10-26(22)12-18(30)14-29)19-13-28-20(7-8-23-28)21(25-19)16-9-24-27(11-16)17(5-2)6-3/h4,7-11,13,17-18,29-30H,1,5-6,12,14,22H2,2-3H3/b15-10+. The molecule has 0 amide bonds. The minimum Gasteiger partial charge on any atom is -0.394 e. The van der Waals surface area contributed by atoms with E-state index in [0.29, 0.717) is 17.3 Å². The van der Waals surface area contributed by atoms with Crippen LogP contribution in [0.25, 0.3) is 22.3 Å². The fourth-order valence-corrected chi connectivity index (χ4v) is 3.36. The van der Waals surface area contributed by atoms with Gasteiger partial charge in [0.15, 0.2) is 0 Å². The molecular formula is C21H29N7O2. The number of nitrogens with zero attached hydrogens (tertiary/aromatic N) is 6. The number of aliphatic hydroxyl groups is 2. The van der Waals surface area contributed by atoms with Gasteiger partial charge in [-0.3, -0.25) is 4.68 Å². The van der Waals surface area contributed by atoms with Crippen molar-refractivity contribution in [3.8, 4) is 11.3 Å². The SMILES string of the molecule is C=C/C(=C\N(N)CC(O)CO)c1cn2nccc2c(-c2cnn(C(CC)CC)c2)n1. The first kappa shape index (κ1) is 21.7. The summed E-state index contributed by atoms with van der Waals surface area (Å²) in [6.07, 6.45) is 11.7. The van der Waals surface area contributed by atoms with Crippen molar-refractivity contribution >= 4 is 11.1 Å². The topological polar surface area (TPSA) is 118 Å². The minimum absolute atomic E-state index is 0.0763. The molecule has 0 aliphatic heterocycles. The molecule has 0 saturated carbocycles. The van der Waals surface area contributed by atoms with E-state index in [-0.39, 0.29) is 13.2 Å². The summed E-state index contributed by atoms with van der Waals surface area (Å²) < 4.78 is 3.74. The molecule has 0 aromatic carbocycles. The highest BCUT2D eigenvalue weighted by atomic mass is 16.3. The van der Waals surface area contributed by atoms with E-state index in [1.54, 1.807) is 29.2 Å². The monoisotopic (exact) mass is 411 g/mol. The van der Waals surface area contributed by atoms with Gasteiger partial charge in [0.1, 0.15) is 0 Å². The molecule has 0 saturated heterocycles. The first-order valence-corrected chi connectivity index (χ1v) is 10.0. The van der Waals surface area contributed by atoms with Crippen LogP contribution >= 0.6 is 0 Å². The smallest absolute Gasteiger partial charge is 0.0999 e. The van der Waals surface area contributed by atoms with Crippen LogP contribution in [0.15, 0.2) is 49.7 Å². The second-order valence-corrected chi connectivity index (χ2v) is 7.14. The van der Waals surface area contributed by atoms with Gasteiger partial charge in [-0.25, -0.2) is 15.3 Å². The lowest BCUT2D eigenvalue weighted by Gasteiger charge is -2.18. The molecule has 1 atom stereocenters. The Morgan fingerprint density at radius 2 is 2.07 bits per heavy atom. The van der Waals surface area contributed by atoms with Crippen LogP contribution in [0, 0.1) is 0 Å². The van der Waals surface area contributed by atoms with Gasteiger partial charge in [0.05, 0.1) is 60.8 Å². The molecule has 30 heavy (non-hydrogen) atoms. The molecule has 3 aromatic rings. The predicted molar refractivity (Wildman–Crippen MR) is 116 cm³/mol. The molecule has 3 rings (SSSR count). The van der Waals surface area contributed by atoms with E-state index in [1.807, 2.05) is 23.1 Å². The predicted octanol–water partition coefficient (Wildman–Crippen LogP) is 2.01. The summed E-state index contributed by atoms with van der Waals surface area (Å²) in [6.45, 7) is 7.87. The van der Waals surface area contributed by atoms with Gasteiger partial charge in [0.25, 0.3) is 0 Å². The highest BCUT2D eigenvalue weighted by Gasteiger charge is 2.15. The maximum Gasteiger partial charge on any atom is 0.0999 e. The van der Waals surface area contributed by atoms with Gasteiger partial charge in [-0.2, -0.15) is 10.2 Å². The van der Waals surface area contributed by atoms with Crippen molar-refractivity contribution in [1.29, 1.82) is 0 Å². The lowest BCUT2D eigenvalue weighted by atomic mass is 10.1. The number of hydrazine groups is 1. The van der Waals surface area contributed by atoms with Gasteiger partial charge in [-0.05, 0) is 18.9 Å². The Hall–Kier alpha value is -3.01. The highest BCUT2D eigenvalue weighted by Crippen LogP contribution is 2.27. The fraction of sp³-hybridized carbons (Fsp3) is 0.381. The molecule has 3 aromatic heterocycles. The van der Waals surface area contributed by atoms with E-state index >= 15 is 0 Å². The summed E-state index contributed by atoms with van der Waals surface area (Å²) in [7, 11) is 0. The van der Waals surface area contributed by atoms with Crippen molar-refractivity contribution in [2.45, 2.75) is 38.8 Å². The number of allylic oxidation sites excluding steroid dienone is 2. The van der Waals surface area contributed by atoms with Gasteiger partial charge >= 0.3 is 0 Å². The second kappa shape index (κ2) is 9.66. The average Bonchev–Trinajstić information content (AvgIpc) is 3.42. The molecule has 0 fully saturated rings. The third-order valence-corrected chi connectivity index (χ3v) is 5.03. The molecule has 4 N–H and O–H groups in total. The summed E-state index contributed by atoms with van der Waals surface area (Å²) in [5, 5.41) is 28.8. The fourth-order valence-electron chi connectivity index (χ4n) is 3.36. The number of rotatable bonds is 10. The van der Waals surface area contributed by atoms with Crippen LogP contribution in [0.2, 0.25) is 0 Å². The summed E-state index contributed by atoms with van der Waals surface area (Å²) in [5.41, 5.74) is 3.81. The van der Waals surface area contributed by atoms with Crippen molar-refractivity contribution in [1.82, 2.24) is 29.4 Å². The van der Waals surface area contributed by atoms with Crippen LogP contribution in [0.1, 0.15) is 38.4 Å². The first-order valence-electron chi connectivity index (χ1n) is 10.0. The number of nitrogens with two attached hydrogens (primary N) is 1. The number of hydrogen-bond acceptors (Lipinski definition) is 7. The lowest BCUT2D eigenvalue weighted by Crippen LogP contribution is -2.35. The van der Waals surface area contributed by atoms with Crippen molar-refractivity contribution in [2.75, 3.05) is 13.2 Å². The van der Waals surface area contributed by atoms with E-state index in [1.165, 1.54) is 5.01 Å². The van der Waals surface area contributed by atoms with Crippen molar-refractivity contribution < 1.29 is 10.2 Å². The Bertz CT molecular complexity index is 1020. The largest absolute Gasteiger partial charge is 0.394 e. The second-order valence-electron chi connectivity index (χ2n) is 7.14. The quantitative estimate of drug-likeness (QED) is 0.265. The van der Waals surface area contributed by atoms with Gasteiger partial charge < -0.3 is 15.2 Å². The van der Waals surface area contributed by atoms with Gasteiger partial charge in [-0.15, -0.1) is 0 Å². The van der Waals surface area contributed by atoms with E-state index in [9.17, 15) is 5.11 Å². The molecule has 0 radical (unpaired) electrons. The molecule has 9 heteroatoms. The van der Waals surface area contributed by atoms with Crippen LogP contribution in [0.4, 0.5) is 0 Å². The highest BCUT2D eigenvalue weighted by molar-refractivity contribution is 5.79. The van der Waals surface area contributed by atoms with Crippen molar-refractivity contribution in [3.63, 3.8) is 0 Å². The third kappa shape index (κ3) is 4.59. The van der Waals surface area contributed by atoms with Gasteiger partial charge in [0, 0.05) is 23.5 Å². The molecule has 9 nitrogen and oxygen atoms in total. The Morgan fingerprint density at radius 3 is 2.73 bits per heavy atom. The van der Waals surface area contributed by atoms with E-state index < -0.39 is 6.10 Å². The van der Waals surface area contributed by atoms with E-state index in [2.05, 4.69) is 30.6 Å². The Labute approximate surface area is 175 Å². The maximum absolute atomic E-state index is 9.61. The number of fused-ring (bicyclic) bond motifs is 1. The Morgan fingerprint density at radius 1 is 1.30 bits per heavy atom. The Kier molecular flexibility index (Phi) is 6.99. The summed E-state index contributed by atoms with van der Waals surface area (Å²) in [6, 6.07) is 2.25. The zero-order valence-electron chi connectivity index (χ0n) is 17.4. The Balaban J connectivity index is 2.03.